The Balaban J connectivity index is 1.94. The van der Waals surface area contributed by atoms with E-state index in [1.165, 1.54) is 31.2 Å². The quantitative estimate of drug-likeness (QED) is 0.811. The minimum atomic E-state index is 0.473. The van der Waals surface area contributed by atoms with Gasteiger partial charge in [-0.15, -0.1) is 0 Å². The van der Waals surface area contributed by atoms with E-state index in [0.717, 1.165) is 17.4 Å². The maximum Gasteiger partial charge on any atom is 0.0406 e. The predicted octanol–water partition coefficient (Wildman–Crippen LogP) is 4.96. The number of hydrogen-bond donors (Lipinski definition) is 1. The SMILES string of the molecule is CCC(NC1CCC(C)CC1)c1ccc(Cl)cc1. The van der Waals surface area contributed by atoms with Crippen molar-refractivity contribution >= 4 is 11.6 Å². The second-order valence-electron chi connectivity index (χ2n) is 5.64. The summed E-state index contributed by atoms with van der Waals surface area (Å²) in [5, 5.41) is 4.64. The van der Waals surface area contributed by atoms with Crippen LogP contribution in [-0.2, 0) is 0 Å². The summed E-state index contributed by atoms with van der Waals surface area (Å²) in [6, 6.07) is 9.45. The van der Waals surface area contributed by atoms with Gasteiger partial charge >= 0.3 is 0 Å². The average Bonchev–Trinajstić information content (AvgIpc) is 2.39. The Morgan fingerprint density at radius 2 is 1.78 bits per heavy atom. The Morgan fingerprint density at radius 1 is 1.17 bits per heavy atom. The van der Waals surface area contributed by atoms with Crippen molar-refractivity contribution in [2.75, 3.05) is 0 Å². The van der Waals surface area contributed by atoms with Crippen molar-refractivity contribution < 1.29 is 0 Å². The fraction of sp³-hybridized carbons (Fsp3) is 0.625. The van der Waals surface area contributed by atoms with E-state index in [1.54, 1.807) is 0 Å². The molecule has 0 heterocycles. The first-order chi connectivity index (χ1) is 8.69. The molecule has 0 aliphatic heterocycles. The molecule has 100 valence electrons. The third-order valence-corrected chi connectivity index (χ3v) is 4.39. The predicted molar refractivity (Wildman–Crippen MR) is 79.0 cm³/mol. The van der Waals surface area contributed by atoms with Crippen LogP contribution in [0.3, 0.4) is 0 Å². The van der Waals surface area contributed by atoms with E-state index in [-0.39, 0.29) is 0 Å². The Bertz CT molecular complexity index is 352. The molecule has 0 aromatic heterocycles. The smallest absolute Gasteiger partial charge is 0.0406 e. The summed E-state index contributed by atoms with van der Waals surface area (Å²) in [6.45, 7) is 4.62. The molecule has 1 unspecified atom stereocenters. The fourth-order valence-electron chi connectivity index (χ4n) is 2.86. The largest absolute Gasteiger partial charge is 0.307 e. The van der Waals surface area contributed by atoms with Gasteiger partial charge in [0.15, 0.2) is 0 Å². The first-order valence-electron chi connectivity index (χ1n) is 7.20. The second kappa shape index (κ2) is 6.58. The zero-order valence-corrected chi connectivity index (χ0v) is 12.2. The van der Waals surface area contributed by atoms with Crippen LogP contribution in [-0.4, -0.2) is 6.04 Å². The molecule has 0 saturated heterocycles. The van der Waals surface area contributed by atoms with Crippen LogP contribution in [0.5, 0.6) is 0 Å². The third-order valence-electron chi connectivity index (χ3n) is 4.13. The van der Waals surface area contributed by atoms with Crippen molar-refractivity contribution in [1.82, 2.24) is 5.32 Å². The molecule has 0 radical (unpaired) electrons. The molecule has 2 heteroatoms. The lowest BCUT2D eigenvalue weighted by Crippen LogP contribution is -2.35. The van der Waals surface area contributed by atoms with Gasteiger partial charge in [0.1, 0.15) is 0 Å². The van der Waals surface area contributed by atoms with Gasteiger partial charge in [-0.05, 0) is 55.7 Å². The summed E-state index contributed by atoms with van der Waals surface area (Å²) in [5.74, 6) is 0.915. The second-order valence-corrected chi connectivity index (χ2v) is 6.07. The maximum absolute atomic E-state index is 5.95. The fourth-order valence-corrected chi connectivity index (χ4v) is 2.98. The lowest BCUT2D eigenvalue weighted by Gasteiger charge is -2.31. The van der Waals surface area contributed by atoms with Gasteiger partial charge in [-0.2, -0.15) is 0 Å². The van der Waals surface area contributed by atoms with Gasteiger partial charge < -0.3 is 5.32 Å². The highest BCUT2D eigenvalue weighted by atomic mass is 35.5. The molecule has 1 nitrogen and oxygen atoms in total. The Kier molecular flexibility index (Phi) is 5.08. The van der Waals surface area contributed by atoms with Gasteiger partial charge in [-0.1, -0.05) is 37.6 Å². The summed E-state index contributed by atoms with van der Waals surface area (Å²) in [6.07, 6.45) is 6.52. The summed E-state index contributed by atoms with van der Waals surface area (Å²) in [5.41, 5.74) is 1.36. The molecule has 1 fully saturated rings. The molecule has 1 aromatic rings. The summed E-state index contributed by atoms with van der Waals surface area (Å²) >= 11 is 5.95. The minimum Gasteiger partial charge on any atom is -0.307 e. The van der Waals surface area contributed by atoms with Gasteiger partial charge in [0.2, 0.25) is 0 Å². The lowest BCUT2D eigenvalue weighted by atomic mass is 9.86. The molecule has 2 rings (SSSR count). The molecule has 1 atom stereocenters. The Labute approximate surface area is 116 Å². The van der Waals surface area contributed by atoms with Crippen molar-refractivity contribution in [3.05, 3.63) is 34.9 Å². The molecular weight excluding hydrogens is 242 g/mol. The zero-order chi connectivity index (χ0) is 13.0. The molecule has 1 aliphatic rings. The summed E-state index contributed by atoms with van der Waals surface area (Å²) in [4.78, 5) is 0. The summed E-state index contributed by atoms with van der Waals surface area (Å²) < 4.78 is 0. The first kappa shape index (κ1) is 13.9. The maximum atomic E-state index is 5.95. The Morgan fingerprint density at radius 3 is 2.33 bits per heavy atom. The van der Waals surface area contributed by atoms with Gasteiger partial charge in [-0.3, -0.25) is 0 Å². The molecular formula is C16H24ClN. The lowest BCUT2D eigenvalue weighted by molar-refractivity contribution is 0.284. The van der Waals surface area contributed by atoms with E-state index in [9.17, 15) is 0 Å². The van der Waals surface area contributed by atoms with Gasteiger partial charge in [0.25, 0.3) is 0 Å². The highest BCUT2D eigenvalue weighted by Gasteiger charge is 2.20. The van der Waals surface area contributed by atoms with Crippen molar-refractivity contribution in [2.45, 2.75) is 58.0 Å². The van der Waals surface area contributed by atoms with Crippen LogP contribution in [0.1, 0.15) is 57.6 Å². The van der Waals surface area contributed by atoms with E-state index in [0.29, 0.717) is 12.1 Å². The van der Waals surface area contributed by atoms with E-state index in [1.807, 2.05) is 12.1 Å². The highest BCUT2D eigenvalue weighted by Crippen LogP contribution is 2.27. The number of halogens is 1. The summed E-state index contributed by atoms with van der Waals surface area (Å²) in [7, 11) is 0. The van der Waals surface area contributed by atoms with Crippen molar-refractivity contribution in [1.29, 1.82) is 0 Å². The van der Waals surface area contributed by atoms with Crippen LogP contribution in [0.25, 0.3) is 0 Å². The monoisotopic (exact) mass is 265 g/mol. The number of nitrogens with one attached hydrogen (secondary N) is 1. The molecule has 1 aromatic carbocycles. The molecule has 0 spiro atoms. The molecule has 18 heavy (non-hydrogen) atoms. The van der Waals surface area contributed by atoms with Crippen LogP contribution in [0, 0.1) is 5.92 Å². The molecule has 0 amide bonds. The van der Waals surface area contributed by atoms with Crippen LogP contribution in [0.15, 0.2) is 24.3 Å². The van der Waals surface area contributed by atoms with Crippen LogP contribution >= 0.6 is 11.6 Å². The topological polar surface area (TPSA) is 12.0 Å². The van der Waals surface area contributed by atoms with E-state index >= 15 is 0 Å². The highest BCUT2D eigenvalue weighted by molar-refractivity contribution is 6.30. The number of hydrogen-bond acceptors (Lipinski definition) is 1. The Hall–Kier alpha value is -0.530. The number of benzene rings is 1. The third kappa shape index (κ3) is 3.73. The van der Waals surface area contributed by atoms with Crippen molar-refractivity contribution in [2.24, 2.45) is 5.92 Å². The van der Waals surface area contributed by atoms with E-state index in [2.05, 4.69) is 31.3 Å². The zero-order valence-electron chi connectivity index (χ0n) is 11.5. The van der Waals surface area contributed by atoms with Crippen LogP contribution in [0.2, 0.25) is 5.02 Å². The van der Waals surface area contributed by atoms with Crippen LogP contribution in [0.4, 0.5) is 0 Å². The molecule has 1 aliphatic carbocycles. The van der Waals surface area contributed by atoms with Gasteiger partial charge in [0.05, 0.1) is 0 Å². The van der Waals surface area contributed by atoms with Crippen molar-refractivity contribution in [3.63, 3.8) is 0 Å². The molecule has 1 saturated carbocycles. The van der Waals surface area contributed by atoms with Crippen molar-refractivity contribution in [3.8, 4) is 0 Å². The normalized spacial score (nSPS) is 25.9. The standard InChI is InChI=1S/C16H24ClN/c1-3-16(13-6-8-14(17)9-7-13)18-15-10-4-12(2)5-11-15/h6-9,12,15-16,18H,3-5,10-11H2,1-2H3. The van der Waals surface area contributed by atoms with E-state index < -0.39 is 0 Å². The molecule has 0 bridgehead atoms. The first-order valence-corrected chi connectivity index (χ1v) is 7.58. The number of rotatable bonds is 4. The van der Waals surface area contributed by atoms with E-state index in [4.69, 9.17) is 11.6 Å². The van der Waals surface area contributed by atoms with Crippen LogP contribution < -0.4 is 5.32 Å². The minimum absolute atomic E-state index is 0.473. The average molecular weight is 266 g/mol. The molecule has 1 N–H and O–H groups in total. The van der Waals surface area contributed by atoms with Gasteiger partial charge in [-0.25, -0.2) is 0 Å². The van der Waals surface area contributed by atoms with Gasteiger partial charge in [0, 0.05) is 17.1 Å².